The number of rotatable bonds is 9. The zero-order valence-corrected chi connectivity index (χ0v) is 16.9. The summed E-state index contributed by atoms with van der Waals surface area (Å²) in [6.45, 7) is -0.493. The lowest BCUT2D eigenvalue weighted by atomic mass is 10.1. The molecule has 0 amide bonds. The Kier molecular flexibility index (Phi) is 6.31. The predicted octanol–water partition coefficient (Wildman–Crippen LogP) is 3.51. The number of nitrogens with zero attached hydrogens (tertiary/aromatic N) is 1. The Labute approximate surface area is 172 Å². The Bertz CT molecular complexity index is 1020. The number of ether oxygens (including phenoxy) is 5. The van der Waals surface area contributed by atoms with Gasteiger partial charge in [0, 0.05) is 17.2 Å². The second kappa shape index (κ2) is 9.08. The summed E-state index contributed by atoms with van der Waals surface area (Å²) in [5, 5.41) is 13.0. The monoisotopic (exact) mass is 415 g/mol. The predicted molar refractivity (Wildman–Crippen MR) is 107 cm³/mol. The third-order valence-corrected chi connectivity index (χ3v) is 4.27. The fraction of sp³-hybridized carbons (Fsp3) is 0.238. The molecule has 158 valence electrons. The first-order valence-corrected chi connectivity index (χ1v) is 8.80. The van der Waals surface area contributed by atoms with Crippen LogP contribution in [0.2, 0.25) is 0 Å². The minimum absolute atomic E-state index is 0.281. The molecular formula is C21H21NO8. The van der Waals surface area contributed by atoms with Crippen molar-refractivity contribution in [2.75, 3.05) is 35.0 Å². The van der Waals surface area contributed by atoms with E-state index in [2.05, 4.69) is 5.16 Å². The molecule has 0 radical (unpaired) electrons. The summed E-state index contributed by atoms with van der Waals surface area (Å²) < 4.78 is 32.1. The summed E-state index contributed by atoms with van der Waals surface area (Å²) in [5.74, 6) is 1.51. The number of carbonyl (C=O) groups is 1. The number of carboxylic acid groups (broad SMARTS) is 1. The fourth-order valence-electron chi connectivity index (χ4n) is 2.86. The Morgan fingerprint density at radius 2 is 1.50 bits per heavy atom. The molecule has 1 aromatic heterocycles. The molecule has 0 aliphatic carbocycles. The third kappa shape index (κ3) is 4.24. The first kappa shape index (κ1) is 20.8. The Morgan fingerprint density at radius 3 is 2.07 bits per heavy atom. The number of hydrogen-bond donors (Lipinski definition) is 1. The number of methoxy groups -OCH3 is 4. The molecule has 9 nitrogen and oxygen atoms in total. The number of benzene rings is 2. The van der Waals surface area contributed by atoms with E-state index in [-0.39, 0.29) is 5.75 Å². The van der Waals surface area contributed by atoms with Gasteiger partial charge in [0.2, 0.25) is 5.75 Å². The first-order chi connectivity index (χ1) is 14.5. The van der Waals surface area contributed by atoms with Crippen molar-refractivity contribution in [1.29, 1.82) is 0 Å². The molecule has 0 bridgehead atoms. The van der Waals surface area contributed by atoms with Crippen LogP contribution in [0.1, 0.15) is 0 Å². The van der Waals surface area contributed by atoms with Crippen molar-refractivity contribution in [3.05, 3.63) is 36.4 Å². The van der Waals surface area contributed by atoms with Gasteiger partial charge in [0.25, 0.3) is 0 Å². The third-order valence-electron chi connectivity index (χ3n) is 4.27. The van der Waals surface area contributed by atoms with Crippen LogP contribution in [0.5, 0.6) is 28.7 Å². The molecule has 0 unspecified atom stereocenters. The van der Waals surface area contributed by atoms with Crippen LogP contribution in [0, 0.1) is 0 Å². The van der Waals surface area contributed by atoms with E-state index in [1.54, 1.807) is 36.4 Å². The van der Waals surface area contributed by atoms with Crippen LogP contribution in [0.4, 0.5) is 0 Å². The first-order valence-electron chi connectivity index (χ1n) is 8.80. The quantitative estimate of drug-likeness (QED) is 0.561. The van der Waals surface area contributed by atoms with Crippen molar-refractivity contribution < 1.29 is 38.1 Å². The Morgan fingerprint density at radius 1 is 0.867 bits per heavy atom. The molecule has 2 aromatic carbocycles. The highest BCUT2D eigenvalue weighted by Gasteiger charge is 2.18. The molecule has 0 saturated carbocycles. The van der Waals surface area contributed by atoms with Crippen molar-refractivity contribution in [3.63, 3.8) is 0 Å². The smallest absolute Gasteiger partial charge is 0.341 e. The molecular weight excluding hydrogens is 394 g/mol. The van der Waals surface area contributed by atoms with Crippen molar-refractivity contribution in [3.8, 4) is 51.3 Å². The summed E-state index contributed by atoms with van der Waals surface area (Å²) in [4.78, 5) is 10.8. The van der Waals surface area contributed by atoms with E-state index in [0.717, 1.165) is 0 Å². The summed E-state index contributed by atoms with van der Waals surface area (Å²) in [6.07, 6.45) is 0. The van der Waals surface area contributed by atoms with Crippen molar-refractivity contribution in [2.45, 2.75) is 0 Å². The second-order valence-corrected chi connectivity index (χ2v) is 6.04. The van der Waals surface area contributed by atoms with Gasteiger partial charge in [-0.1, -0.05) is 5.16 Å². The minimum Gasteiger partial charge on any atom is -0.493 e. The lowest BCUT2D eigenvalue weighted by Gasteiger charge is -2.13. The molecule has 0 aliphatic rings. The molecule has 0 saturated heterocycles. The van der Waals surface area contributed by atoms with Crippen LogP contribution in [0.15, 0.2) is 40.9 Å². The highest BCUT2D eigenvalue weighted by atomic mass is 16.5. The van der Waals surface area contributed by atoms with E-state index in [9.17, 15) is 4.79 Å². The Hall–Kier alpha value is -3.88. The largest absolute Gasteiger partial charge is 0.493 e. The van der Waals surface area contributed by atoms with Crippen LogP contribution in [0.25, 0.3) is 22.6 Å². The molecule has 1 N–H and O–H groups in total. The SMILES string of the molecule is COc1ccc(-c2cc(-c3cc(OC)c(OC)c(OC)c3)no2)cc1OCC(=O)O. The molecule has 0 aliphatic heterocycles. The van der Waals surface area contributed by atoms with Gasteiger partial charge in [0.05, 0.1) is 28.4 Å². The maximum absolute atomic E-state index is 10.8. The van der Waals surface area contributed by atoms with Gasteiger partial charge >= 0.3 is 5.97 Å². The number of aliphatic carboxylic acids is 1. The van der Waals surface area contributed by atoms with Crippen LogP contribution in [0.3, 0.4) is 0 Å². The minimum atomic E-state index is -1.09. The summed E-state index contributed by atoms with van der Waals surface area (Å²) in [5.41, 5.74) is 1.89. The lowest BCUT2D eigenvalue weighted by Crippen LogP contribution is -2.10. The second-order valence-electron chi connectivity index (χ2n) is 6.04. The van der Waals surface area contributed by atoms with E-state index in [4.69, 9.17) is 33.3 Å². The molecule has 30 heavy (non-hydrogen) atoms. The van der Waals surface area contributed by atoms with E-state index in [1.807, 2.05) is 0 Å². The van der Waals surface area contributed by atoms with E-state index in [1.165, 1.54) is 28.4 Å². The van der Waals surface area contributed by atoms with E-state index < -0.39 is 12.6 Å². The van der Waals surface area contributed by atoms with Gasteiger partial charge in [0.15, 0.2) is 35.4 Å². The molecule has 0 atom stereocenters. The summed E-state index contributed by atoms with van der Waals surface area (Å²) in [7, 11) is 6.07. The topological polar surface area (TPSA) is 109 Å². The number of hydrogen-bond acceptors (Lipinski definition) is 8. The van der Waals surface area contributed by atoms with Gasteiger partial charge in [-0.25, -0.2) is 4.79 Å². The van der Waals surface area contributed by atoms with Gasteiger partial charge in [0.1, 0.15) is 5.69 Å². The molecule has 1 heterocycles. The van der Waals surface area contributed by atoms with Gasteiger partial charge in [-0.15, -0.1) is 0 Å². The van der Waals surface area contributed by atoms with Gasteiger partial charge in [-0.2, -0.15) is 0 Å². The van der Waals surface area contributed by atoms with Crippen LogP contribution in [-0.2, 0) is 4.79 Å². The van der Waals surface area contributed by atoms with Crippen LogP contribution < -0.4 is 23.7 Å². The maximum Gasteiger partial charge on any atom is 0.341 e. The molecule has 9 heteroatoms. The normalized spacial score (nSPS) is 10.4. The molecule has 3 rings (SSSR count). The lowest BCUT2D eigenvalue weighted by molar-refractivity contribution is -0.139. The maximum atomic E-state index is 10.8. The van der Waals surface area contributed by atoms with Crippen molar-refractivity contribution in [1.82, 2.24) is 5.16 Å². The zero-order valence-electron chi connectivity index (χ0n) is 16.9. The van der Waals surface area contributed by atoms with Gasteiger partial charge < -0.3 is 33.3 Å². The van der Waals surface area contributed by atoms with Gasteiger partial charge in [-0.3, -0.25) is 0 Å². The van der Waals surface area contributed by atoms with Crippen molar-refractivity contribution in [2.24, 2.45) is 0 Å². The summed E-state index contributed by atoms with van der Waals surface area (Å²) >= 11 is 0. The van der Waals surface area contributed by atoms with Gasteiger partial charge in [-0.05, 0) is 30.3 Å². The molecule has 3 aromatic rings. The van der Waals surface area contributed by atoms with E-state index in [0.29, 0.717) is 45.6 Å². The van der Waals surface area contributed by atoms with Crippen LogP contribution in [-0.4, -0.2) is 51.3 Å². The number of aromatic nitrogens is 1. The highest BCUT2D eigenvalue weighted by Crippen LogP contribution is 2.41. The fourth-order valence-corrected chi connectivity index (χ4v) is 2.86. The van der Waals surface area contributed by atoms with Crippen molar-refractivity contribution >= 4 is 5.97 Å². The van der Waals surface area contributed by atoms with E-state index >= 15 is 0 Å². The summed E-state index contributed by atoms with van der Waals surface area (Å²) in [6, 6.07) is 10.3. The highest BCUT2D eigenvalue weighted by molar-refractivity contribution is 5.73. The standard InChI is InChI=1S/C21H21NO8/c1-25-15-6-5-12(7-17(15)29-11-20(23)24)16-10-14(22-30-16)13-8-18(26-2)21(28-4)19(9-13)27-3/h5-10H,11H2,1-4H3,(H,23,24). The molecule has 0 spiro atoms. The number of carboxylic acids is 1. The zero-order chi connectivity index (χ0) is 21.7. The Balaban J connectivity index is 1.97. The average molecular weight is 415 g/mol. The van der Waals surface area contributed by atoms with Crippen LogP contribution >= 0.6 is 0 Å². The molecule has 0 fully saturated rings. The average Bonchev–Trinajstić information content (AvgIpc) is 3.26.